The number of rotatable bonds is 3. The quantitative estimate of drug-likeness (QED) is 0.661. The number of carbonyl (C=O) groups is 1. The van der Waals surface area contributed by atoms with Crippen LogP contribution in [0.25, 0.3) is 0 Å². The third-order valence-corrected chi connectivity index (χ3v) is 3.49. The van der Waals surface area contributed by atoms with Crippen LogP contribution in [0.15, 0.2) is 24.3 Å². The maximum atomic E-state index is 12.2. The van der Waals surface area contributed by atoms with E-state index < -0.39 is 4.92 Å². The molecule has 0 aromatic heterocycles. The molecule has 6 nitrogen and oxygen atoms in total. The summed E-state index contributed by atoms with van der Waals surface area (Å²) in [5.41, 5.74) is 0.448. The van der Waals surface area contributed by atoms with E-state index in [1.807, 2.05) is 0 Å². The fourth-order valence-corrected chi connectivity index (χ4v) is 2.23. The van der Waals surface area contributed by atoms with Crippen molar-refractivity contribution in [2.75, 3.05) is 19.7 Å². The maximum absolute atomic E-state index is 12.2. The Hall–Kier alpha value is -1.95. The lowest BCUT2D eigenvalue weighted by Gasteiger charge is -2.31. The Morgan fingerprint density at radius 2 is 1.89 bits per heavy atom. The van der Waals surface area contributed by atoms with Gasteiger partial charge in [0, 0.05) is 37.4 Å². The van der Waals surface area contributed by atoms with Gasteiger partial charge in [0.25, 0.3) is 11.6 Å². The zero-order chi connectivity index (χ0) is 13.8. The van der Waals surface area contributed by atoms with Crippen LogP contribution in [-0.2, 0) is 0 Å². The Bertz CT molecular complexity index is 464. The highest BCUT2D eigenvalue weighted by Gasteiger charge is 2.23. The number of hydrogen-bond donors (Lipinski definition) is 1. The van der Waals surface area contributed by atoms with Crippen molar-refractivity contribution in [3.63, 3.8) is 0 Å². The first-order valence-corrected chi connectivity index (χ1v) is 6.26. The van der Waals surface area contributed by atoms with E-state index >= 15 is 0 Å². The van der Waals surface area contributed by atoms with Crippen LogP contribution in [0.5, 0.6) is 0 Å². The Labute approximate surface area is 110 Å². The van der Waals surface area contributed by atoms with Crippen LogP contribution in [0.2, 0.25) is 0 Å². The Morgan fingerprint density at radius 3 is 2.37 bits per heavy atom. The van der Waals surface area contributed by atoms with Crippen molar-refractivity contribution >= 4 is 11.6 Å². The fourth-order valence-electron chi connectivity index (χ4n) is 2.23. The van der Waals surface area contributed by atoms with Gasteiger partial charge >= 0.3 is 0 Å². The largest absolute Gasteiger partial charge is 0.396 e. The maximum Gasteiger partial charge on any atom is 0.269 e. The van der Waals surface area contributed by atoms with Gasteiger partial charge in [0.05, 0.1) is 4.92 Å². The van der Waals surface area contributed by atoms with Crippen LogP contribution in [0, 0.1) is 16.0 Å². The van der Waals surface area contributed by atoms with E-state index in [9.17, 15) is 14.9 Å². The molecule has 1 heterocycles. The summed E-state index contributed by atoms with van der Waals surface area (Å²) in [6.45, 7) is 1.42. The molecule has 6 heteroatoms. The minimum Gasteiger partial charge on any atom is -0.396 e. The molecule has 1 amide bonds. The van der Waals surface area contributed by atoms with Crippen LogP contribution >= 0.6 is 0 Å². The number of amides is 1. The molecule has 0 spiro atoms. The van der Waals surface area contributed by atoms with Crippen LogP contribution in [0.4, 0.5) is 5.69 Å². The normalized spacial score (nSPS) is 16.4. The lowest BCUT2D eigenvalue weighted by Crippen LogP contribution is -2.39. The standard InChI is InChI=1S/C13H16N2O4/c16-9-10-5-7-14(8-6-10)13(17)11-1-3-12(4-2-11)15(18)19/h1-4,10,16H,5-9H2. The van der Waals surface area contributed by atoms with E-state index in [4.69, 9.17) is 5.11 Å². The van der Waals surface area contributed by atoms with Gasteiger partial charge in [0.1, 0.15) is 0 Å². The predicted molar refractivity (Wildman–Crippen MR) is 68.8 cm³/mol. The number of nitro benzene ring substituents is 1. The van der Waals surface area contributed by atoms with E-state index in [0.29, 0.717) is 18.7 Å². The monoisotopic (exact) mass is 264 g/mol. The van der Waals surface area contributed by atoms with Gasteiger partial charge in [-0.25, -0.2) is 0 Å². The first-order chi connectivity index (χ1) is 9.11. The predicted octanol–water partition coefficient (Wildman–Crippen LogP) is 1.44. The van der Waals surface area contributed by atoms with Gasteiger partial charge in [-0.2, -0.15) is 0 Å². The Balaban J connectivity index is 2.02. The van der Waals surface area contributed by atoms with Crippen molar-refractivity contribution in [3.8, 4) is 0 Å². The lowest BCUT2D eigenvalue weighted by molar-refractivity contribution is -0.384. The summed E-state index contributed by atoms with van der Waals surface area (Å²) in [4.78, 5) is 24.0. The first-order valence-electron chi connectivity index (χ1n) is 6.26. The Morgan fingerprint density at radius 1 is 1.32 bits per heavy atom. The molecule has 0 aliphatic carbocycles. The molecule has 1 aliphatic heterocycles. The molecular weight excluding hydrogens is 248 g/mol. The second-order valence-corrected chi connectivity index (χ2v) is 4.72. The van der Waals surface area contributed by atoms with Crippen LogP contribution in [-0.4, -0.2) is 40.5 Å². The van der Waals surface area contributed by atoms with Crippen molar-refractivity contribution in [2.24, 2.45) is 5.92 Å². The van der Waals surface area contributed by atoms with Crippen molar-refractivity contribution in [2.45, 2.75) is 12.8 Å². The second kappa shape index (κ2) is 5.79. The highest BCUT2D eigenvalue weighted by Crippen LogP contribution is 2.19. The molecule has 1 saturated heterocycles. The fraction of sp³-hybridized carbons (Fsp3) is 0.462. The molecule has 0 saturated carbocycles. The number of nitro groups is 1. The number of likely N-dealkylation sites (tertiary alicyclic amines) is 1. The topological polar surface area (TPSA) is 83.7 Å². The van der Waals surface area contributed by atoms with Crippen molar-refractivity contribution in [1.82, 2.24) is 4.90 Å². The summed E-state index contributed by atoms with van der Waals surface area (Å²) < 4.78 is 0. The lowest BCUT2D eigenvalue weighted by atomic mass is 9.97. The van der Waals surface area contributed by atoms with E-state index in [2.05, 4.69) is 0 Å². The van der Waals surface area contributed by atoms with Gasteiger partial charge in [-0.15, -0.1) is 0 Å². The summed E-state index contributed by atoms with van der Waals surface area (Å²) in [5.74, 6) is 0.173. The molecule has 1 N–H and O–H groups in total. The zero-order valence-corrected chi connectivity index (χ0v) is 10.5. The Kier molecular flexibility index (Phi) is 4.11. The van der Waals surface area contributed by atoms with E-state index in [1.165, 1.54) is 24.3 Å². The molecule has 0 bridgehead atoms. The molecule has 0 radical (unpaired) electrons. The average molecular weight is 264 g/mol. The first kappa shape index (κ1) is 13.5. The van der Waals surface area contributed by atoms with Gasteiger partial charge in [0.15, 0.2) is 0 Å². The summed E-state index contributed by atoms with van der Waals surface area (Å²) in [6, 6.07) is 5.65. The molecule has 0 unspecified atom stereocenters. The number of nitrogens with zero attached hydrogens (tertiary/aromatic N) is 2. The van der Waals surface area contributed by atoms with Crippen LogP contribution in [0.1, 0.15) is 23.2 Å². The van der Waals surface area contributed by atoms with Crippen LogP contribution < -0.4 is 0 Å². The number of aliphatic hydroxyl groups excluding tert-OH is 1. The van der Waals surface area contributed by atoms with Crippen molar-refractivity contribution < 1.29 is 14.8 Å². The second-order valence-electron chi connectivity index (χ2n) is 4.72. The summed E-state index contributed by atoms with van der Waals surface area (Å²) in [7, 11) is 0. The molecule has 1 aromatic carbocycles. The zero-order valence-electron chi connectivity index (χ0n) is 10.5. The van der Waals surface area contributed by atoms with Crippen molar-refractivity contribution in [3.05, 3.63) is 39.9 Å². The molecule has 1 aromatic rings. The van der Waals surface area contributed by atoms with E-state index in [1.54, 1.807) is 4.90 Å². The number of hydrogen-bond acceptors (Lipinski definition) is 4. The minimum absolute atomic E-state index is 0.0180. The highest BCUT2D eigenvalue weighted by atomic mass is 16.6. The number of non-ortho nitro benzene ring substituents is 1. The smallest absolute Gasteiger partial charge is 0.269 e. The molecule has 19 heavy (non-hydrogen) atoms. The minimum atomic E-state index is -0.485. The van der Waals surface area contributed by atoms with E-state index in [-0.39, 0.29) is 24.1 Å². The van der Waals surface area contributed by atoms with Gasteiger partial charge in [0.2, 0.25) is 0 Å². The molecular formula is C13H16N2O4. The summed E-state index contributed by atoms with van der Waals surface area (Å²) in [6.07, 6.45) is 1.60. The van der Waals surface area contributed by atoms with Crippen molar-refractivity contribution in [1.29, 1.82) is 0 Å². The SMILES string of the molecule is O=C(c1ccc([N+](=O)[O-])cc1)N1CCC(CO)CC1. The number of piperidine rings is 1. The number of aliphatic hydroxyl groups is 1. The van der Waals surface area contributed by atoms with E-state index in [0.717, 1.165) is 12.8 Å². The summed E-state index contributed by atoms with van der Waals surface area (Å²) >= 11 is 0. The summed E-state index contributed by atoms with van der Waals surface area (Å²) in [5, 5.41) is 19.6. The van der Waals surface area contributed by atoms with Gasteiger partial charge in [-0.3, -0.25) is 14.9 Å². The van der Waals surface area contributed by atoms with Gasteiger partial charge in [-0.1, -0.05) is 0 Å². The third-order valence-electron chi connectivity index (χ3n) is 3.49. The average Bonchev–Trinajstić information content (AvgIpc) is 2.46. The van der Waals surface area contributed by atoms with Crippen LogP contribution in [0.3, 0.4) is 0 Å². The highest BCUT2D eigenvalue weighted by molar-refractivity contribution is 5.94. The molecule has 0 atom stereocenters. The third kappa shape index (κ3) is 3.08. The molecule has 2 rings (SSSR count). The number of benzene rings is 1. The molecule has 1 aliphatic rings. The van der Waals surface area contributed by atoms with Gasteiger partial charge < -0.3 is 10.0 Å². The number of carbonyl (C=O) groups excluding carboxylic acids is 1. The van der Waals surface area contributed by atoms with Gasteiger partial charge in [-0.05, 0) is 30.9 Å². The molecule has 102 valence electrons. The molecule has 1 fully saturated rings.